The quantitative estimate of drug-likeness (QED) is 0.129. The van der Waals surface area contributed by atoms with E-state index in [4.69, 9.17) is 9.47 Å². The number of hydrogen-bond donors (Lipinski definition) is 4. The highest BCUT2D eigenvalue weighted by Crippen LogP contribution is 2.72. The van der Waals surface area contributed by atoms with Crippen LogP contribution in [0, 0.1) is 40.4 Å². The largest absolute Gasteiger partial charge is 0.427 e. The van der Waals surface area contributed by atoms with Crippen LogP contribution in [-0.4, -0.2) is 70.2 Å². The molecule has 312 valence electrons. The van der Waals surface area contributed by atoms with Crippen molar-refractivity contribution in [2.45, 2.75) is 102 Å². The lowest BCUT2D eigenvalue weighted by Gasteiger charge is -2.57. The maximum atomic E-state index is 15.0. The Labute approximate surface area is 353 Å². The summed E-state index contributed by atoms with van der Waals surface area (Å²) in [5, 5.41) is 21.0. The zero-order valence-corrected chi connectivity index (χ0v) is 35.6. The number of amides is 2. The maximum Gasteiger partial charge on any atom is 0.340 e. The third-order valence-corrected chi connectivity index (χ3v) is 18.1. The Hall–Kier alpha value is -3.78. The minimum absolute atomic E-state index is 0.0205. The summed E-state index contributed by atoms with van der Waals surface area (Å²) in [4.78, 5) is 57.5. The Kier molecular flexibility index (Phi) is 10.00. The summed E-state index contributed by atoms with van der Waals surface area (Å²) in [7, 11) is 3.43. The number of esters is 2. The molecule has 1 spiro atoms. The fourth-order valence-electron chi connectivity index (χ4n) is 12.3. The first-order valence-electron chi connectivity index (χ1n) is 21.8. The number of dihydropyridines is 2. The van der Waals surface area contributed by atoms with E-state index in [9.17, 15) is 24.3 Å². The van der Waals surface area contributed by atoms with Gasteiger partial charge in [0.15, 0.2) is 0 Å². The van der Waals surface area contributed by atoms with E-state index < -0.39 is 23.4 Å². The molecule has 0 radical (unpaired) electrons. The number of aliphatic hydroxyl groups is 1. The fraction of sp³-hybridized carbons (Fsp3) is 0.565. The first-order valence-corrected chi connectivity index (χ1v) is 24.1. The number of carbonyl (C=O) groups is 4. The molecule has 0 aromatic rings. The van der Waals surface area contributed by atoms with Crippen molar-refractivity contribution in [3.05, 3.63) is 93.3 Å². The van der Waals surface area contributed by atoms with Gasteiger partial charge < -0.3 is 30.5 Å². The average Bonchev–Trinajstić information content (AvgIpc) is 3.99. The molecule has 2 saturated carbocycles. The van der Waals surface area contributed by atoms with Gasteiger partial charge >= 0.3 is 11.9 Å². The van der Waals surface area contributed by atoms with E-state index in [1.807, 2.05) is 0 Å². The lowest BCUT2D eigenvalue weighted by atomic mass is 9.43. The molecule has 0 aromatic carbocycles. The minimum atomic E-state index is -0.912. The van der Waals surface area contributed by atoms with Gasteiger partial charge in [-0.2, -0.15) is 0 Å². The predicted molar refractivity (Wildman–Crippen MR) is 226 cm³/mol. The molecule has 9 atom stereocenters. The van der Waals surface area contributed by atoms with E-state index in [1.54, 1.807) is 28.5 Å². The number of aliphatic hydroxyl groups excluding tert-OH is 1. The second kappa shape index (κ2) is 15.0. The highest BCUT2D eigenvalue weighted by Gasteiger charge is 2.69. The van der Waals surface area contributed by atoms with Crippen LogP contribution in [0.4, 0.5) is 0 Å². The second-order valence-corrected chi connectivity index (χ2v) is 20.9. The molecule has 7 aliphatic heterocycles. The first-order chi connectivity index (χ1) is 28.5. The summed E-state index contributed by atoms with van der Waals surface area (Å²) in [6, 6.07) is 0. The molecule has 13 heteroatoms. The molecule has 4 N–H and O–H groups in total. The summed E-state index contributed by atoms with van der Waals surface area (Å²) in [5.74, 6) is 0.0542. The highest BCUT2D eigenvalue weighted by molar-refractivity contribution is 8.77. The SMILES string of the molecule is CCC1(/C=C2\OC(=O)C3=C2CC[C@H]2[C@@H]4CC[C@@]5(C6=C4[C@@H](CN4C(=O)C=CC4=O)C4=CCNC7=C4C=C[C@H](N7)SS[C@H](NC[C@H](C)O)[C@H](C)C/C=C/5OC6=O)[C@@H]32)CCCC1. The van der Waals surface area contributed by atoms with Crippen LogP contribution in [0.5, 0.6) is 0 Å². The molecule has 9 bridgehead atoms. The van der Waals surface area contributed by atoms with Crippen molar-refractivity contribution in [3.63, 3.8) is 0 Å². The van der Waals surface area contributed by atoms with Gasteiger partial charge in [0.2, 0.25) is 0 Å². The lowest BCUT2D eigenvalue weighted by Crippen LogP contribution is -2.54. The number of cyclic esters (lactones) is 1. The van der Waals surface area contributed by atoms with Crippen molar-refractivity contribution < 1.29 is 33.8 Å². The van der Waals surface area contributed by atoms with Crippen LogP contribution in [-0.2, 0) is 28.7 Å². The molecule has 11 nitrogen and oxygen atoms in total. The van der Waals surface area contributed by atoms with Crippen LogP contribution in [0.1, 0.15) is 85.0 Å². The van der Waals surface area contributed by atoms with E-state index in [-0.39, 0.29) is 64.2 Å². The summed E-state index contributed by atoms with van der Waals surface area (Å²) in [6.07, 6.45) is 22.0. The number of ether oxygens (including phenoxy) is 2. The molecule has 5 aliphatic carbocycles. The van der Waals surface area contributed by atoms with Crippen molar-refractivity contribution in [1.29, 1.82) is 0 Å². The third-order valence-electron chi connectivity index (χ3n) is 15.1. The molecule has 7 heterocycles. The van der Waals surface area contributed by atoms with Gasteiger partial charge in [0.1, 0.15) is 22.7 Å². The van der Waals surface area contributed by atoms with Gasteiger partial charge in [-0.05, 0) is 105 Å². The molecule has 0 aromatic heterocycles. The van der Waals surface area contributed by atoms with Crippen LogP contribution in [0.15, 0.2) is 93.3 Å². The van der Waals surface area contributed by atoms with E-state index in [1.165, 1.54) is 29.9 Å². The van der Waals surface area contributed by atoms with Crippen molar-refractivity contribution in [3.8, 4) is 0 Å². The molecule has 0 unspecified atom stereocenters. The van der Waals surface area contributed by atoms with Crippen LogP contribution in [0.3, 0.4) is 0 Å². The Morgan fingerprint density at radius 3 is 2.59 bits per heavy atom. The van der Waals surface area contributed by atoms with Crippen molar-refractivity contribution in [2.75, 3.05) is 19.6 Å². The van der Waals surface area contributed by atoms with Gasteiger partial charge in [0.05, 0.1) is 22.5 Å². The topological polar surface area (TPSA) is 146 Å². The number of nitrogens with zero attached hydrogens (tertiary/aromatic N) is 1. The molecule has 1 saturated heterocycles. The van der Waals surface area contributed by atoms with Crippen LogP contribution in [0.25, 0.3) is 0 Å². The molecular weight excluding hydrogens is 785 g/mol. The third kappa shape index (κ3) is 6.30. The van der Waals surface area contributed by atoms with Crippen LogP contribution < -0.4 is 16.0 Å². The molecule has 12 aliphatic rings. The van der Waals surface area contributed by atoms with Gasteiger partial charge in [-0.15, -0.1) is 0 Å². The van der Waals surface area contributed by atoms with Gasteiger partial charge in [-0.3, -0.25) is 14.5 Å². The second-order valence-electron chi connectivity index (χ2n) is 18.3. The zero-order chi connectivity index (χ0) is 40.8. The van der Waals surface area contributed by atoms with E-state index in [0.717, 1.165) is 71.5 Å². The standard InChI is InChI=1S/C46H54N4O7S2/c1-4-45(17-5-6-18-45)21-32-30-9-8-28-27-15-19-46(39(28)38(30)43(54)56-32)33-11-7-24(2)42(48-22-25(3)51)59-58-34-12-10-29-26(16-20-47-41(29)49-34)31(37(27)40(46)44(55)57-33)23-50-35(52)13-14-36(50)53/h10-14,16,21,24-25,27-28,31,34,39,42,47-49,51H,4-9,15,17-20,22-23H2,1-3H3/b32-21-,33-11-/t24-,25+,27+,28+,31+,34-,39-,42+,46+/m1/s1. The normalized spacial score (nSPS) is 37.7. The van der Waals surface area contributed by atoms with Gasteiger partial charge in [0.25, 0.3) is 11.8 Å². The molecule has 59 heavy (non-hydrogen) atoms. The summed E-state index contributed by atoms with van der Waals surface area (Å²) >= 11 is 0. The summed E-state index contributed by atoms with van der Waals surface area (Å²) in [6.45, 7) is 7.26. The van der Waals surface area contributed by atoms with Gasteiger partial charge in [0, 0.05) is 60.3 Å². The fourth-order valence-corrected chi connectivity index (χ4v) is 15.1. The number of fused-ring (bicyclic) bond motifs is 6. The molecule has 3 fully saturated rings. The Morgan fingerprint density at radius 2 is 1.83 bits per heavy atom. The van der Waals surface area contributed by atoms with Gasteiger partial charge in [-0.1, -0.05) is 66.5 Å². The smallest absolute Gasteiger partial charge is 0.340 e. The maximum absolute atomic E-state index is 15.0. The Morgan fingerprint density at radius 1 is 1.03 bits per heavy atom. The number of imide groups is 1. The average molecular weight is 839 g/mol. The van der Waals surface area contributed by atoms with Crippen LogP contribution in [0.2, 0.25) is 0 Å². The summed E-state index contributed by atoms with van der Waals surface area (Å²) < 4.78 is 12.9. The van der Waals surface area contributed by atoms with Gasteiger partial charge in [-0.25, -0.2) is 9.59 Å². The summed E-state index contributed by atoms with van der Waals surface area (Å²) in [5.41, 5.74) is 4.31. The zero-order valence-electron chi connectivity index (χ0n) is 34.0. The van der Waals surface area contributed by atoms with Crippen molar-refractivity contribution in [1.82, 2.24) is 20.9 Å². The van der Waals surface area contributed by atoms with Crippen molar-refractivity contribution >= 4 is 45.3 Å². The Balaban J connectivity index is 1.18. The molecule has 2 amide bonds. The van der Waals surface area contributed by atoms with E-state index in [0.29, 0.717) is 43.7 Å². The van der Waals surface area contributed by atoms with E-state index in [2.05, 4.69) is 60.2 Å². The van der Waals surface area contributed by atoms with E-state index >= 15 is 0 Å². The Bertz CT molecular complexity index is 2140. The van der Waals surface area contributed by atoms with Crippen LogP contribution >= 0.6 is 21.6 Å². The predicted octanol–water partition coefficient (Wildman–Crippen LogP) is 6.35. The highest BCUT2D eigenvalue weighted by atomic mass is 33.1. The van der Waals surface area contributed by atoms with Crippen molar-refractivity contribution in [2.24, 2.45) is 40.4 Å². The number of rotatable bonds is 7. The number of allylic oxidation sites excluding steroid dienone is 6. The number of nitrogens with one attached hydrogen (secondary N) is 3. The lowest BCUT2D eigenvalue weighted by molar-refractivity contribution is -0.138. The molecular formula is C46H54N4O7S2. The monoisotopic (exact) mass is 838 g/mol. The minimum Gasteiger partial charge on any atom is -0.427 e. The first kappa shape index (κ1) is 39.4. The molecule has 12 rings (SSSR count). The number of hydrogen-bond acceptors (Lipinski definition) is 12. The number of carbonyl (C=O) groups excluding carboxylic acids is 4.